The predicted octanol–water partition coefficient (Wildman–Crippen LogP) is 1.70. The fraction of sp³-hybridized carbons (Fsp3) is 0.143. The van der Waals surface area contributed by atoms with Crippen molar-refractivity contribution < 1.29 is 9.22 Å². The van der Waals surface area contributed by atoms with Crippen molar-refractivity contribution in [1.29, 1.82) is 0 Å². The Labute approximate surface area is 52.8 Å². The molecule has 1 nitrogen and oxygen atoms in total. The van der Waals surface area contributed by atoms with Crippen LogP contribution >= 0.6 is 0 Å². The van der Waals surface area contributed by atoms with Crippen LogP contribution in [0.5, 0.6) is 5.75 Å². The third kappa shape index (κ3) is 0.808. The second-order valence-electron chi connectivity index (χ2n) is 1.55. The summed E-state index contributed by atoms with van der Waals surface area (Å²) in [7, 11) is 0. The summed E-state index contributed by atoms with van der Waals surface area (Å²) >= 11 is 0. The molecule has 0 spiro atoms. The number of aromatic hydroxyl groups is 1. The number of hydrogen-bond donors (Lipinski definition) is 1. The Bertz CT molecular complexity index is 270. The highest BCUT2D eigenvalue weighted by atomic mass is 16.3. The Balaban J connectivity index is 3.46. The lowest BCUT2D eigenvalue weighted by molar-refractivity contribution is 0.471. The molecular formula is C7H8O. The van der Waals surface area contributed by atoms with Gasteiger partial charge in [0.05, 0.1) is 4.11 Å². The molecule has 0 saturated heterocycles. The lowest BCUT2D eigenvalue weighted by Crippen LogP contribution is -1.68. The quantitative estimate of drug-likeness (QED) is 0.540. The number of para-hydroxylation sites is 1. The van der Waals surface area contributed by atoms with Crippen molar-refractivity contribution in [3.05, 3.63) is 29.8 Å². The van der Waals surface area contributed by atoms with Gasteiger partial charge in [-0.2, -0.15) is 0 Å². The first-order valence-electron chi connectivity index (χ1n) is 3.80. The van der Waals surface area contributed by atoms with E-state index in [1.165, 1.54) is 6.07 Å². The first kappa shape index (κ1) is 2.53. The molecule has 0 saturated carbocycles. The molecule has 0 bridgehead atoms. The molecule has 0 amide bonds. The first-order chi connectivity index (χ1) is 5.04. The highest BCUT2D eigenvalue weighted by Crippen LogP contribution is 2.12. The smallest absolute Gasteiger partial charge is 0.118 e. The molecule has 8 heavy (non-hydrogen) atoms. The van der Waals surface area contributed by atoms with Crippen molar-refractivity contribution in [2.45, 2.75) is 6.92 Å². The van der Waals surface area contributed by atoms with Gasteiger partial charge in [-0.05, 0) is 18.6 Å². The number of benzene rings is 1. The molecule has 0 aliphatic heterocycles. The van der Waals surface area contributed by atoms with Crippen LogP contribution in [-0.4, -0.2) is 5.11 Å². The van der Waals surface area contributed by atoms with Crippen molar-refractivity contribution in [2.75, 3.05) is 0 Å². The van der Waals surface area contributed by atoms with Gasteiger partial charge in [-0.25, -0.2) is 0 Å². The third-order valence-electron chi connectivity index (χ3n) is 0.915. The maximum Gasteiger partial charge on any atom is 0.118 e. The molecule has 1 N–H and O–H groups in total. The van der Waals surface area contributed by atoms with E-state index < -0.39 is 0 Å². The SMILES string of the molecule is [2H]c1cc(O)c(C)c([2H])c1[2H]. The largest absolute Gasteiger partial charge is 0.508 e. The summed E-state index contributed by atoms with van der Waals surface area (Å²) < 4.78 is 21.6. The molecule has 1 aromatic rings. The summed E-state index contributed by atoms with van der Waals surface area (Å²) in [6, 6.07) is 0.851. The van der Waals surface area contributed by atoms with Crippen LogP contribution in [0.4, 0.5) is 0 Å². The molecule has 0 heterocycles. The second kappa shape index (κ2) is 1.86. The van der Waals surface area contributed by atoms with Gasteiger partial charge in [0.1, 0.15) is 5.75 Å². The molecule has 0 aliphatic rings. The number of hydrogen-bond acceptors (Lipinski definition) is 1. The highest BCUT2D eigenvalue weighted by molar-refractivity contribution is 5.29. The number of phenols is 1. The van der Waals surface area contributed by atoms with E-state index in [0.29, 0.717) is 5.56 Å². The summed E-state index contributed by atoms with van der Waals surface area (Å²) in [5.74, 6) is -0.0870. The fourth-order valence-corrected chi connectivity index (χ4v) is 0.407. The van der Waals surface area contributed by atoms with E-state index in [1.807, 2.05) is 0 Å². The van der Waals surface area contributed by atoms with Gasteiger partial charge in [-0.1, -0.05) is 18.1 Å². The van der Waals surface area contributed by atoms with Crippen LogP contribution in [0, 0.1) is 6.92 Å². The van der Waals surface area contributed by atoms with Crippen molar-refractivity contribution in [3.8, 4) is 5.75 Å². The molecule has 1 rings (SSSR count). The zero-order chi connectivity index (χ0) is 8.59. The molecule has 0 aromatic heterocycles. The molecule has 42 valence electrons. The van der Waals surface area contributed by atoms with E-state index >= 15 is 0 Å². The number of phenolic OH excluding ortho intramolecular Hbond substituents is 1. The van der Waals surface area contributed by atoms with Crippen LogP contribution in [0.2, 0.25) is 0 Å². The van der Waals surface area contributed by atoms with E-state index in [-0.39, 0.29) is 23.9 Å². The molecule has 1 heteroatoms. The molecule has 0 unspecified atom stereocenters. The van der Waals surface area contributed by atoms with Gasteiger partial charge >= 0.3 is 0 Å². The summed E-state index contributed by atoms with van der Waals surface area (Å²) in [6.45, 7) is 1.55. The maximum absolute atomic E-state index is 9.08. The average Bonchev–Trinajstić information content (AvgIpc) is 1.97. The Morgan fingerprint density at radius 1 is 1.62 bits per heavy atom. The zero-order valence-corrected chi connectivity index (χ0v) is 4.52. The van der Waals surface area contributed by atoms with Crippen LogP contribution in [0.3, 0.4) is 0 Å². The van der Waals surface area contributed by atoms with Gasteiger partial charge in [0, 0.05) is 0 Å². The number of rotatable bonds is 0. The van der Waals surface area contributed by atoms with E-state index in [1.54, 1.807) is 6.92 Å². The standard InChI is InChI=1S/C7H8O/c1-6-4-2-3-5-7(6)8/h2-5,8H,1H3/i2D,3D,4D. The predicted molar refractivity (Wildman–Crippen MR) is 32.8 cm³/mol. The minimum atomic E-state index is -0.139. The zero-order valence-electron chi connectivity index (χ0n) is 7.52. The van der Waals surface area contributed by atoms with Crippen LogP contribution in [0.15, 0.2) is 24.2 Å². The van der Waals surface area contributed by atoms with Crippen LogP contribution in [0.25, 0.3) is 0 Å². The second-order valence-corrected chi connectivity index (χ2v) is 1.55. The van der Waals surface area contributed by atoms with Gasteiger partial charge in [0.15, 0.2) is 0 Å². The van der Waals surface area contributed by atoms with E-state index in [9.17, 15) is 0 Å². The van der Waals surface area contributed by atoms with Gasteiger partial charge < -0.3 is 5.11 Å². The normalized spacial score (nSPS) is 14.4. The minimum absolute atomic E-state index is 0.0741. The monoisotopic (exact) mass is 111 g/mol. The van der Waals surface area contributed by atoms with Gasteiger partial charge in [0.25, 0.3) is 0 Å². The molecule has 0 radical (unpaired) electrons. The van der Waals surface area contributed by atoms with Crippen molar-refractivity contribution in [3.63, 3.8) is 0 Å². The highest BCUT2D eigenvalue weighted by Gasteiger charge is 1.86. The lowest BCUT2D eigenvalue weighted by atomic mass is 10.2. The topological polar surface area (TPSA) is 20.2 Å². The molecule has 0 atom stereocenters. The summed E-state index contributed by atoms with van der Waals surface area (Å²) in [5, 5.41) is 9.08. The Morgan fingerprint density at radius 3 is 3.12 bits per heavy atom. The van der Waals surface area contributed by atoms with Crippen LogP contribution in [-0.2, 0) is 0 Å². The maximum atomic E-state index is 9.08. The van der Waals surface area contributed by atoms with Gasteiger partial charge in [-0.3, -0.25) is 0 Å². The van der Waals surface area contributed by atoms with Crippen molar-refractivity contribution in [2.24, 2.45) is 0 Å². The van der Waals surface area contributed by atoms with Gasteiger partial charge in [0.2, 0.25) is 0 Å². The fourth-order valence-electron chi connectivity index (χ4n) is 0.407. The molecule has 0 fully saturated rings. The Morgan fingerprint density at radius 2 is 2.38 bits per heavy atom. The summed E-state index contributed by atoms with van der Waals surface area (Å²) in [4.78, 5) is 0. The Kier molecular flexibility index (Phi) is 0.591. The first-order valence-corrected chi connectivity index (χ1v) is 2.30. The Hall–Kier alpha value is -0.980. The van der Waals surface area contributed by atoms with E-state index in [4.69, 9.17) is 9.22 Å². The van der Waals surface area contributed by atoms with Crippen molar-refractivity contribution >= 4 is 0 Å². The van der Waals surface area contributed by atoms with Gasteiger partial charge in [-0.15, -0.1) is 0 Å². The average molecular weight is 111 g/mol. The van der Waals surface area contributed by atoms with Crippen LogP contribution in [0.1, 0.15) is 9.68 Å². The van der Waals surface area contributed by atoms with E-state index in [0.717, 1.165) is 0 Å². The summed E-state index contributed by atoms with van der Waals surface area (Å²) in [6.07, 6.45) is 0. The molecule has 0 aliphatic carbocycles. The van der Waals surface area contributed by atoms with Crippen LogP contribution < -0.4 is 0 Å². The molecule has 1 aromatic carbocycles. The van der Waals surface area contributed by atoms with E-state index in [2.05, 4.69) is 0 Å². The molecular weight excluding hydrogens is 100 g/mol. The lowest BCUT2D eigenvalue weighted by Gasteiger charge is -1.92. The minimum Gasteiger partial charge on any atom is -0.508 e. The third-order valence-corrected chi connectivity index (χ3v) is 0.915. The summed E-state index contributed by atoms with van der Waals surface area (Å²) in [5.41, 5.74) is 0.353. The van der Waals surface area contributed by atoms with Crippen molar-refractivity contribution in [1.82, 2.24) is 0 Å².